The minimum atomic E-state index is -1.45. The van der Waals surface area contributed by atoms with Gasteiger partial charge in [0.1, 0.15) is 12.7 Å². The predicted molar refractivity (Wildman–Crippen MR) is 48.7 cm³/mol. The van der Waals surface area contributed by atoms with E-state index < -0.39 is 36.5 Å². The van der Waals surface area contributed by atoms with Crippen LogP contribution in [0, 0.1) is 5.92 Å². The number of aliphatic hydroxyl groups is 3. The van der Waals surface area contributed by atoms with Crippen LogP contribution in [0.2, 0.25) is 0 Å². The van der Waals surface area contributed by atoms with Crippen molar-refractivity contribution in [3.63, 3.8) is 0 Å². The largest absolute Gasteiger partial charge is 0.463 e. The molecule has 1 saturated heterocycles. The van der Waals surface area contributed by atoms with Crippen molar-refractivity contribution in [3.05, 3.63) is 0 Å². The van der Waals surface area contributed by atoms with E-state index in [1.54, 1.807) is 6.92 Å². The van der Waals surface area contributed by atoms with Gasteiger partial charge in [-0.1, -0.05) is 6.92 Å². The Balaban J connectivity index is 2.54. The van der Waals surface area contributed by atoms with Crippen LogP contribution in [0.4, 0.5) is 0 Å². The molecule has 15 heavy (non-hydrogen) atoms. The highest BCUT2D eigenvalue weighted by Gasteiger charge is 2.41. The Bertz CT molecular complexity index is 231. The summed E-state index contributed by atoms with van der Waals surface area (Å²) in [5, 5.41) is 28.0. The van der Waals surface area contributed by atoms with E-state index in [-0.39, 0.29) is 6.61 Å². The molecule has 6 heteroatoms. The number of hydrogen-bond acceptors (Lipinski definition) is 6. The summed E-state index contributed by atoms with van der Waals surface area (Å²) in [5.41, 5.74) is 0. The van der Waals surface area contributed by atoms with Crippen LogP contribution in [0.1, 0.15) is 13.8 Å². The third-order valence-electron chi connectivity index (χ3n) is 2.53. The summed E-state index contributed by atoms with van der Waals surface area (Å²) in [6, 6.07) is 0. The maximum absolute atomic E-state index is 10.6. The lowest BCUT2D eigenvalue weighted by Gasteiger charge is -2.38. The van der Waals surface area contributed by atoms with Crippen molar-refractivity contribution in [3.8, 4) is 0 Å². The standard InChI is InChI=1S/C9H16O6/c1-4-6(3-14-5(2)10)15-9(13)8(12)7(4)11/h4,6-9,11-13H,3H2,1-2H3/t4-,6?,7-,8+,9?/m0/s1. The average Bonchev–Trinajstić information content (AvgIpc) is 2.18. The van der Waals surface area contributed by atoms with Gasteiger partial charge in [-0.3, -0.25) is 4.79 Å². The zero-order chi connectivity index (χ0) is 11.6. The molecule has 0 bridgehead atoms. The highest BCUT2D eigenvalue weighted by molar-refractivity contribution is 5.65. The monoisotopic (exact) mass is 220 g/mol. The SMILES string of the molecule is CC(=O)OCC1OC(O)[C@H](O)[C@@H](O)[C@H]1C. The summed E-state index contributed by atoms with van der Waals surface area (Å²) in [6.07, 6.45) is -4.47. The minimum Gasteiger partial charge on any atom is -0.463 e. The number of esters is 1. The van der Waals surface area contributed by atoms with Gasteiger partial charge in [0.2, 0.25) is 0 Å². The molecule has 1 rings (SSSR count). The first kappa shape index (κ1) is 12.4. The summed E-state index contributed by atoms with van der Waals surface area (Å²) < 4.78 is 9.72. The zero-order valence-electron chi connectivity index (χ0n) is 8.66. The lowest BCUT2D eigenvalue weighted by molar-refractivity contribution is -0.272. The number of hydrogen-bond donors (Lipinski definition) is 3. The van der Waals surface area contributed by atoms with E-state index in [0.717, 1.165) is 0 Å². The zero-order valence-corrected chi connectivity index (χ0v) is 8.66. The Morgan fingerprint density at radius 2 is 1.93 bits per heavy atom. The van der Waals surface area contributed by atoms with Gasteiger partial charge < -0.3 is 24.8 Å². The van der Waals surface area contributed by atoms with Gasteiger partial charge >= 0.3 is 5.97 Å². The molecule has 3 N–H and O–H groups in total. The number of carbonyl (C=O) groups is 1. The molecular weight excluding hydrogens is 204 g/mol. The molecule has 0 radical (unpaired) electrons. The second kappa shape index (κ2) is 4.89. The first-order chi connectivity index (χ1) is 6.93. The van der Waals surface area contributed by atoms with Crippen molar-refractivity contribution in [1.29, 1.82) is 0 Å². The van der Waals surface area contributed by atoms with Crippen molar-refractivity contribution < 1.29 is 29.6 Å². The summed E-state index contributed by atoms with van der Waals surface area (Å²) in [4.78, 5) is 10.6. The normalized spacial score (nSPS) is 41.3. The van der Waals surface area contributed by atoms with Crippen LogP contribution in [-0.2, 0) is 14.3 Å². The molecule has 0 aliphatic carbocycles. The molecular formula is C9H16O6. The van der Waals surface area contributed by atoms with Crippen molar-refractivity contribution in [2.45, 2.75) is 38.4 Å². The van der Waals surface area contributed by atoms with Crippen molar-refractivity contribution in [2.75, 3.05) is 6.61 Å². The van der Waals surface area contributed by atoms with E-state index in [2.05, 4.69) is 0 Å². The lowest BCUT2D eigenvalue weighted by Crippen LogP contribution is -2.54. The summed E-state index contributed by atoms with van der Waals surface area (Å²) >= 11 is 0. The molecule has 1 heterocycles. The molecule has 0 spiro atoms. The maximum Gasteiger partial charge on any atom is 0.302 e. The topological polar surface area (TPSA) is 96.2 Å². The molecule has 5 atom stereocenters. The van der Waals surface area contributed by atoms with E-state index in [9.17, 15) is 20.1 Å². The summed E-state index contributed by atoms with van der Waals surface area (Å²) in [5.74, 6) is -0.872. The van der Waals surface area contributed by atoms with Crippen molar-refractivity contribution in [2.24, 2.45) is 5.92 Å². The van der Waals surface area contributed by atoms with Gasteiger partial charge in [-0.15, -0.1) is 0 Å². The average molecular weight is 220 g/mol. The van der Waals surface area contributed by atoms with E-state index in [4.69, 9.17) is 9.47 Å². The summed E-state index contributed by atoms with van der Waals surface area (Å²) in [7, 11) is 0. The van der Waals surface area contributed by atoms with Gasteiger partial charge in [-0.2, -0.15) is 0 Å². The Morgan fingerprint density at radius 3 is 2.47 bits per heavy atom. The highest BCUT2D eigenvalue weighted by atomic mass is 16.6. The number of carbonyl (C=O) groups excluding carboxylic acids is 1. The van der Waals surface area contributed by atoms with Gasteiger partial charge in [0.05, 0.1) is 12.2 Å². The number of ether oxygens (including phenoxy) is 2. The Labute approximate surface area is 87.4 Å². The van der Waals surface area contributed by atoms with Crippen LogP contribution < -0.4 is 0 Å². The molecule has 0 aromatic carbocycles. The highest BCUT2D eigenvalue weighted by Crippen LogP contribution is 2.24. The van der Waals surface area contributed by atoms with Crippen molar-refractivity contribution >= 4 is 5.97 Å². The van der Waals surface area contributed by atoms with E-state index in [0.29, 0.717) is 0 Å². The van der Waals surface area contributed by atoms with E-state index >= 15 is 0 Å². The third-order valence-corrected chi connectivity index (χ3v) is 2.53. The molecule has 0 aromatic rings. The van der Waals surface area contributed by atoms with Crippen LogP contribution in [0.3, 0.4) is 0 Å². The smallest absolute Gasteiger partial charge is 0.302 e. The van der Waals surface area contributed by atoms with Gasteiger partial charge in [-0.05, 0) is 0 Å². The molecule has 1 aliphatic rings. The van der Waals surface area contributed by atoms with Gasteiger partial charge in [-0.25, -0.2) is 0 Å². The molecule has 0 amide bonds. The molecule has 88 valence electrons. The lowest BCUT2D eigenvalue weighted by atomic mass is 9.91. The fraction of sp³-hybridized carbons (Fsp3) is 0.889. The van der Waals surface area contributed by atoms with Crippen LogP contribution in [0.5, 0.6) is 0 Å². The second-order valence-electron chi connectivity index (χ2n) is 3.71. The van der Waals surface area contributed by atoms with E-state index in [1.165, 1.54) is 6.92 Å². The fourth-order valence-corrected chi connectivity index (χ4v) is 1.47. The minimum absolute atomic E-state index is 0.0443. The first-order valence-electron chi connectivity index (χ1n) is 4.76. The van der Waals surface area contributed by atoms with E-state index in [1.807, 2.05) is 0 Å². The van der Waals surface area contributed by atoms with Gasteiger partial charge in [0.15, 0.2) is 6.29 Å². The molecule has 1 aliphatic heterocycles. The third kappa shape index (κ3) is 2.88. The maximum atomic E-state index is 10.6. The molecule has 2 unspecified atom stereocenters. The fourth-order valence-electron chi connectivity index (χ4n) is 1.47. The molecule has 6 nitrogen and oxygen atoms in total. The Morgan fingerprint density at radius 1 is 1.33 bits per heavy atom. The van der Waals surface area contributed by atoms with Crippen LogP contribution in [-0.4, -0.2) is 52.5 Å². The number of aliphatic hydroxyl groups excluding tert-OH is 3. The van der Waals surface area contributed by atoms with Crippen molar-refractivity contribution in [1.82, 2.24) is 0 Å². The summed E-state index contributed by atoms with van der Waals surface area (Å²) in [6.45, 7) is 2.86. The molecule has 0 saturated carbocycles. The molecule has 0 aromatic heterocycles. The van der Waals surface area contributed by atoms with Crippen LogP contribution >= 0.6 is 0 Å². The predicted octanol–water partition coefficient (Wildman–Crippen LogP) is -1.38. The van der Waals surface area contributed by atoms with Crippen LogP contribution in [0.15, 0.2) is 0 Å². The Hall–Kier alpha value is -0.690. The Kier molecular flexibility index (Phi) is 4.04. The molecule has 1 fully saturated rings. The quantitative estimate of drug-likeness (QED) is 0.497. The van der Waals surface area contributed by atoms with Gasteiger partial charge in [0, 0.05) is 12.8 Å². The first-order valence-corrected chi connectivity index (χ1v) is 4.76. The number of rotatable bonds is 2. The van der Waals surface area contributed by atoms with Crippen LogP contribution in [0.25, 0.3) is 0 Å². The second-order valence-corrected chi connectivity index (χ2v) is 3.71. The van der Waals surface area contributed by atoms with Gasteiger partial charge in [0.25, 0.3) is 0 Å².